The highest BCUT2D eigenvalue weighted by Crippen LogP contribution is 2.31. The Balaban J connectivity index is 1.64. The van der Waals surface area contributed by atoms with Gasteiger partial charge in [0.1, 0.15) is 18.0 Å². The summed E-state index contributed by atoms with van der Waals surface area (Å²) in [6.45, 7) is 7.43. The van der Waals surface area contributed by atoms with Crippen LogP contribution in [0, 0.1) is 6.92 Å². The third-order valence-corrected chi connectivity index (χ3v) is 4.05. The number of anilines is 2. The molecule has 0 aromatic carbocycles. The second-order valence-electron chi connectivity index (χ2n) is 5.58. The molecule has 2 aliphatic rings. The van der Waals surface area contributed by atoms with Gasteiger partial charge in [0.15, 0.2) is 0 Å². The molecule has 1 aliphatic heterocycles. The minimum atomic E-state index is 0.531. The molecule has 1 saturated heterocycles. The molecule has 1 atom stereocenters. The molecule has 3 rings (SSSR count). The summed E-state index contributed by atoms with van der Waals surface area (Å²) in [5, 5.41) is 6.86. The van der Waals surface area contributed by atoms with Crippen LogP contribution in [0.1, 0.15) is 31.7 Å². The molecule has 1 saturated carbocycles. The Labute approximate surface area is 114 Å². The average Bonchev–Trinajstić information content (AvgIpc) is 3.15. The van der Waals surface area contributed by atoms with Crippen LogP contribution in [0.15, 0.2) is 6.33 Å². The van der Waals surface area contributed by atoms with Gasteiger partial charge in [-0.3, -0.25) is 4.90 Å². The molecule has 1 aromatic heterocycles. The van der Waals surface area contributed by atoms with Crippen molar-refractivity contribution in [2.45, 2.75) is 45.2 Å². The summed E-state index contributed by atoms with van der Waals surface area (Å²) in [5.74, 6) is 1.92. The van der Waals surface area contributed by atoms with E-state index in [4.69, 9.17) is 0 Å². The fraction of sp³-hybridized carbons (Fsp3) is 0.714. The van der Waals surface area contributed by atoms with E-state index in [9.17, 15) is 0 Å². The fourth-order valence-electron chi connectivity index (χ4n) is 2.81. The van der Waals surface area contributed by atoms with Crippen molar-refractivity contribution in [1.29, 1.82) is 0 Å². The number of hydrogen-bond donors (Lipinski definition) is 2. The predicted molar refractivity (Wildman–Crippen MR) is 77.6 cm³/mol. The van der Waals surface area contributed by atoms with E-state index in [1.54, 1.807) is 6.33 Å². The number of hydrogen-bond acceptors (Lipinski definition) is 5. The topological polar surface area (TPSA) is 53.1 Å². The number of nitrogens with zero attached hydrogens (tertiary/aromatic N) is 3. The number of nitrogens with one attached hydrogen (secondary N) is 2. The van der Waals surface area contributed by atoms with E-state index in [0.717, 1.165) is 36.3 Å². The highest BCUT2D eigenvalue weighted by Gasteiger charge is 2.34. The highest BCUT2D eigenvalue weighted by molar-refractivity contribution is 5.56. The van der Waals surface area contributed by atoms with E-state index in [1.165, 1.54) is 25.8 Å². The van der Waals surface area contributed by atoms with Crippen LogP contribution in [-0.4, -0.2) is 46.6 Å². The minimum Gasteiger partial charge on any atom is -0.370 e. The van der Waals surface area contributed by atoms with Gasteiger partial charge in [-0.2, -0.15) is 0 Å². The Morgan fingerprint density at radius 1 is 1.26 bits per heavy atom. The molecule has 5 heteroatoms. The highest BCUT2D eigenvalue weighted by atomic mass is 15.2. The first-order chi connectivity index (χ1) is 9.28. The van der Waals surface area contributed by atoms with Crippen LogP contribution in [0.4, 0.5) is 11.6 Å². The number of rotatable bonds is 5. The second-order valence-corrected chi connectivity index (χ2v) is 5.58. The van der Waals surface area contributed by atoms with Crippen LogP contribution in [0.5, 0.6) is 0 Å². The van der Waals surface area contributed by atoms with Crippen molar-refractivity contribution >= 4 is 11.6 Å². The summed E-state index contributed by atoms with van der Waals surface area (Å²) >= 11 is 0. The van der Waals surface area contributed by atoms with Gasteiger partial charge >= 0.3 is 0 Å². The van der Waals surface area contributed by atoms with Gasteiger partial charge in [-0.05, 0) is 33.1 Å². The molecule has 2 fully saturated rings. The van der Waals surface area contributed by atoms with Crippen molar-refractivity contribution in [1.82, 2.24) is 14.9 Å². The largest absolute Gasteiger partial charge is 0.370 e. The summed E-state index contributed by atoms with van der Waals surface area (Å²) in [6.07, 6.45) is 5.64. The molecule has 0 radical (unpaired) electrons. The van der Waals surface area contributed by atoms with E-state index in [-0.39, 0.29) is 0 Å². The lowest BCUT2D eigenvalue weighted by Crippen LogP contribution is -2.28. The molecule has 0 amide bonds. The molecule has 2 heterocycles. The Morgan fingerprint density at radius 3 is 2.79 bits per heavy atom. The zero-order valence-corrected chi connectivity index (χ0v) is 11.8. The van der Waals surface area contributed by atoms with E-state index in [1.807, 2.05) is 0 Å². The molecule has 1 aliphatic carbocycles. The maximum atomic E-state index is 4.39. The van der Waals surface area contributed by atoms with Crippen molar-refractivity contribution in [3.8, 4) is 0 Å². The van der Waals surface area contributed by atoms with E-state index < -0.39 is 0 Å². The molecule has 2 N–H and O–H groups in total. The molecular formula is C14H23N5. The van der Waals surface area contributed by atoms with Crippen LogP contribution in [-0.2, 0) is 0 Å². The zero-order valence-electron chi connectivity index (χ0n) is 11.8. The van der Waals surface area contributed by atoms with E-state index in [2.05, 4.69) is 39.3 Å². The van der Waals surface area contributed by atoms with Crippen LogP contribution < -0.4 is 10.6 Å². The van der Waals surface area contributed by atoms with Crippen LogP contribution >= 0.6 is 0 Å². The molecule has 0 bridgehead atoms. The summed E-state index contributed by atoms with van der Waals surface area (Å²) in [7, 11) is 0. The van der Waals surface area contributed by atoms with Gasteiger partial charge in [0, 0.05) is 37.3 Å². The minimum absolute atomic E-state index is 0.531. The van der Waals surface area contributed by atoms with Crippen molar-refractivity contribution in [3.63, 3.8) is 0 Å². The molecule has 0 spiro atoms. The number of likely N-dealkylation sites (tertiary alicyclic amines) is 1. The number of aromatic nitrogens is 2. The normalized spacial score (nSPS) is 23.6. The fourth-order valence-corrected chi connectivity index (χ4v) is 2.81. The van der Waals surface area contributed by atoms with Crippen LogP contribution in [0.2, 0.25) is 0 Å². The van der Waals surface area contributed by atoms with Crippen molar-refractivity contribution in [2.24, 2.45) is 0 Å². The van der Waals surface area contributed by atoms with Crippen LogP contribution in [0.3, 0.4) is 0 Å². The van der Waals surface area contributed by atoms with Gasteiger partial charge in [0.05, 0.1) is 0 Å². The molecule has 19 heavy (non-hydrogen) atoms. The summed E-state index contributed by atoms with van der Waals surface area (Å²) in [5.41, 5.74) is 1.12. The third-order valence-electron chi connectivity index (χ3n) is 4.05. The van der Waals surface area contributed by atoms with Crippen LogP contribution in [0.25, 0.3) is 0 Å². The Kier molecular flexibility index (Phi) is 3.55. The summed E-state index contributed by atoms with van der Waals surface area (Å²) < 4.78 is 0. The second kappa shape index (κ2) is 5.33. The van der Waals surface area contributed by atoms with Gasteiger partial charge in [0.2, 0.25) is 0 Å². The Bertz CT molecular complexity index is 443. The van der Waals surface area contributed by atoms with Gasteiger partial charge in [0.25, 0.3) is 0 Å². The van der Waals surface area contributed by atoms with E-state index in [0.29, 0.717) is 6.04 Å². The predicted octanol–water partition coefficient (Wildman–Crippen LogP) is 1.87. The quantitative estimate of drug-likeness (QED) is 0.847. The molecular weight excluding hydrogens is 238 g/mol. The lowest BCUT2D eigenvalue weighted by Gasteiger charge is -2.18. The first-order valence-corrected chi connectivity index (χ1v) is 7.34. The van der Waals surface area contributed by atoms with Gasteiger partial charge in [-0.1, -0.05) is 0 Å². The average molecular weight is 261 g/mol. The lowest BCUT2D eigenvalue weighted by molar-refractivity contribution is 0.326. The van der Waals surface area contributed by atoms with Gasteiger partial charge in [-0.25, -0.2) is 9.97 Å². The smallest absolute Gasteiger partial charge is 0.134 e. The van der Waals surface area contributed by atoms with Crippen molar-refractivity contribution in [2.75, 3.05) is 30.3 Å². The SMILES string of the molecule is CCNc1ncnc(NC2CCN(C3CC3)C2)c1C. The molecule has 1 unspecified atom stereocenters. The van der Waals surface area contributed by atoms with Gasteiger partial charge < -0.3 is 10.6 Å². The maximum Gasteiger partial charge on any atom is 0.134 e. The molecule has 104 valence electrons. The summed E-state index contributed by atoms with van der Waals surface area (Å²) in [4.78, 5) is 11.3. The third kappa shape index (κ3) is 2.81. The zero-order chi connectivity index (χ0) is 13.2. The molecule has 1 aromatic rings. The summed E-state index contributed by atoms with van der Waals surface area (Å²) in [6, 6.07) is 1.40. The first kappa shape index (κ1) is 12.7. The Morgan fingerprint density at radius 2 is 2.05 bits per heavy atom. The first-order valence-electron chi connectivity index (χ1n) is 7.34. The van der Waals surface area contributed by atoms with Gasteiger partial charge in [-0.15, -0.1) is 0 Å². The Hall–Kier alpha value is -1.36. The van der Waals surface area contributed by atoms with Crippen molar-refractivity contribution in [3.05, 3.63) is 11.9 Å². The lowest BCUT2D eigenvalue weighted by atomic mass is 10.2. The van der Waals surface area contributed by atoms with E-state index >= 15 is 0 Å². The maximum absolute atomic E-state index is 4.39. The molecule has 5 nitrogen and oxygen atoms in total. The monoisotopic (exact) mass is 261 g/mol. The standard InChI is InChI=1S/C14H23N5/c1-3-15-13-10(2)14(17-9-16-13)18-11-6-7-19(8-11)12-4-5-12/h9,11-12H,3-8H2,1-2H3,(H2,15,16,17,18). The van der Waals surface area contributed by atoms with Crippen molar-refractivity contribution < 1.29 is 0 Å².